The van der Waals surface area contributed by atoms with E-state index in [-0.39, 0.29) is 17.1 Å². The predicted octanol–water partition coefficient (Wildman–Crippen LogP) is 2.98. The van der Waals surface area contributed by atoms with E-state index in [1.165, 1.54) is 0 Å². The number of aromatic nitrogens is 1. The van der Waals surface area contributed by atoms with Crippen molar-refractivity contribution in [3.63, 3.8) is 0 Å². The van der Waals surface area contributed by atoms with E-state index in [1.54, 1.807) is 18.3 Å². The van der Waals surface area contributed by atoms with Crippen molar-refractivity contribution in [2.75, 3.05) is 19.6 Å². The first kappa shape index (κ1) is 16.9. The molecule has 0 aliphatic carbocycles. The highest BCUT2D eigenvalue weighted by molar-refractivity contribution is 6.32. The summed E-state index contributed by atoms with van der Waals surface area (Å²) in [5.74, 6) is -0.154. The Morgan fingerprint density at radius 1 is 1.45 bits per heavy atom. The first-order valence-electron chi connectivity index (χ1n) is 7.22. The van der Waals surface area contributed by atoms with E-state index in [9.17, 15) is 4.79 Å². The van der Waals surface area contributed by atoms with Crippen LogP contribution in [0, 0.1) is 0 Å². The van der Waals surface area contributed by atoms with Gasteiger partial charge in [0.1, 0.15) is 5.15 Å². The van der Waals surface area contributed by atoms with Gasteiger partial charge in [-0.25, -0.2) is 4.98 Å². The van der Waals surface area contributed by atoms with Gasteiger partial charge in [0.15, 0.2) is 0 Å². The molecule has 0 bridgehead atoms. The lowest BCUT2D eigenvalue weighted by molar-refractivity contribution is 0.0937. The predicted molar refractivity (Wildman–Crippen MR) is 83.2 cm³/mol. The summed E-state index contributed by atoms with van der Waals surface area (Å²) in [6, 6.07) is 3.54. The first-order valence-corrected chi connectivity index (χ1v) is 7.60. The monoisotopic (exact) mass is 297 g/mol. The van der Waals surface area contributed by atoms with E-state index in [1.807, 2.05) is 6.92 Å². The average Bonchev–Trinajstić information content (AvgIpc) is 2.44. The van der Waals surface area contributed by atoms with Crippen LogP contribution in [0.4, 0.5) is 0 Å². The molecule has 1 amide bonds. The van der Waals surface area contributed by atoms with Gasteiger partial charge in [-0.15, -0.1) is 0 Å². The Morgan fingerprint density at radius 2 is 2.15 bits per heavy atom. The molecule has 1 unspecified atom stereocenters. The molecule has 1 N–H and O–H groups in total. The van der Waals surface area contributed by atoms with E-state index in [2.05, 4.69) is 29.0 Å². The van der Waals surface area contributed by atoms with Gasteiger partial charge in [-0.3, -0.25) is 4.79 Å². The van der Waals surface area contributed by atoms with Crippen LogP contribution >= 0.6 is 11.6 Å². The molecule has 0 saturated heterocycles. The number of carbonyl (C=O) groups is 1. The standard InChI is InChI=1S/C15H24ClN3O/c1-4-19(5-2)11-7-8-12(3)18-15(20)13-9-6-10-17-14(13)16/h6,9-10,12H,4-5,7-8,11H2,1-3H3,(H,18,20). The molecule has 0 aliphatic rings. The second-order valence-corrected chi connectivity index (χ2v) is 5.24. The molecule has 1 aromatic rings. The quantitative estimate of drug-likeness (QED) is 0.750. The van der Waals surface area contributed by atoms with Crippen molar-refractivity contribution in [1.29, 1.82) is 0 Å². The van der Waals surface area contributed by atoms with Crippen LogP contribution in [0.1, 0.15) is 44.0 Å². The van der Waals surface area contributed by atoms with Crippen LogP contribution in [0.5, 0.6) is 0 Å². The Labute approximate surface area is 126 Å². The van der Waals surface area contributed by atoms with Crippen LogP contribution in [0.3, 0.4) is 0 Å². The molecule has 20 heavy (non-hydrogen) atoms. The molecule has 1 heterocycles. The SMILES string of the molecule is CCN(CC)CCCC(C)NC(=O)c1cccnc1Cl. The van der Waals surface area contributed by atoms with Crippen molar-refractivity contribution in [2.24, 2.45) is 0 Å². The van der Waals surface area contributed by atoms with E-state index in [4.69, 9.17) is 11.6 Å². The maximum absolute atomic E-state index is 12.0. The third-order valence-corrected chi connectivity index (χ3v) is 3.69. The molecule has 5 heteroatoms. The Hall–Kier alpha value is -1.13. The molecule has 0 aromatic carbocycles. The molecule has 1 aromatic heterocycles. The number of halogens is 1. The van der Waals surface area contributed by atoms with Crippen LogP contribution in [0.25, 0.3) is 0 Å². The molecular formula is C15H24ClN3O. The van der Waals surface area contributed by atoms with Gasteiger partial charge in [-0.1, -0.05) is 25.4 Å². The minimum Gasteiger partial charge on any atom is -0.349 e. The number of nitrogens with zero attached hydrogens (tertiary/aromatic N) is 2. The fourth-order valence-electron chi connectivity index (χ4n) is 2.09. The van der Waals surface area contributed by atoms with Crippen LogP contribution in [0.2, 0.25) is 5.15 Å². The number of amides is 1. The summed E-state index contributed by atoms with van der Waals surface area (Å²) in [5, 5.41) is 3.22. The highest BCUT2D eigenvalue weighted by Crippen LogP contribution is 2.11. The summed E-state index contributed by atoms with van der Waals surface area (Å²) in [6.45, 7) is 9.56. The molecule has 0 aliphatic heterocycles. The average molecular weight is 298 g/mol. The summed E-state index contributed by atoms with van der Waals surface area (Å²) in [7, 11) is 0. The Balaban J connectivity index is 2.37. The molecule has 0 radical (unpaired) electrons. The minimum atomic E-state index is -0.154. The van der Waals surface area contributed by atoms with Crippen LogP contribution in [0.15, 0.2) is 18.3 Å². The zero-order chi connectivity index (χ0) is 15.0. The number of rotatable bonds is 8. The van der Waals surface area contributed by atoms with Crippen molar-refractivity contribution >= 4 is 17.5 Å². The van der Waals surface area contributed by atoms with E-state index >= 15 is 0 Å². The van der Waals surface area contributed by atoms with Crippen molar-refractivity contribution in [2.45, 2.75) is 39.7 Å². The summed E-state index contributed by atoms with van der Waals surface area (Å²) in [6.07, 6.45) is 3.61. The van der Waals surface area contributed by atoms with E-state index < -0.39 is 0 Å². The van der Waals surface area contributed by atoms with E-state index in [0.29, 0.717) is 5.56 Å². The maximum atomic E-state index is 12.0. The van der Waals surface area contributed by atoms with Gasteiger partial charge in [0.25, 0.3) is 5.91 Å². The number of hydrogen-bond acceptors (Lipinski definition) is 3. The van der Waals surface area contributed by atoms with Gasteiger partial charge in [0.2, 0.25) is 0 Å². The van der Waals surface area contributed by atoms with Gasteiger partial charge in [0.05, 0.1) is 5.56 Å². The lowest BCUT2D eigenvalue weighted by Gasteiger charge is -2.19. The lowest BCUT2D eigenvalue weighted by atomic mass is 10.1. The van der Waals surface area contributed by atoms with Crippen LogP contribution in [-0.2, 0) is 0 Å². The van der Waals surface area contributed by atoms with Crippen molar-refractivity contribution in [1.82, 2.24) is 15.2 Å². The topological polar surface area (TPSA) is 45.2 Å². The zero-order valence-electron chi connectivity index (χ0n) is 12.5. The fourth-order valence-corrected chi connectivity index (χ4v) is 2.30. The molecule has 112 valence electrons. The summed E-state index contributed by atoms with van der Waals surface area (Å²) >= 11 is 5.91. The third kappa shape index (κ3) is 5.47. The van der Waals surface area contributed by atoms with Crippen molar-refractivity contribution in [3.8, 4) is 0 Å². The second kappa shape index (κ2) is 8.93. The summed E-state index contributed by atoms with van der Waals surface area (Å²) < 4.78 is 0. The molecule has 4 nitrogen and oxygen atoms in total. The third-order valence-electron chi connectivity index (χ3n) is 3.39. The van der Waals surface area contributed by atoms with Crippen LogP contribution < -0.4 is 5.32 Å². The normalized spacial score (nSPS) is 12.4. The van der Waals surface area contributed by atoms with Crippen molar-refractivity contribution < 1.29 is 4.79 Å². The zero-order valence-corrected chi connectivity index (χ0v) is 13.3. The Kier molecular flexibility index (Phi) is 7.55. The number of hydrogen-bond donors (Lipinski definition) is 1. The fraction of sp³-hybridized carbons (Fsp3) is 0.600. The number of pyridine rings is 1. The van der Waals surface area contributed by atoms with Gasteiger partial charge < -0.3 is 10.2 Å². The smallest absolute Gasteiger partial charge is 0.254 e. The molecule has 1 atom stereocenters. The summed E-state index contributed by atoms with van der Waals surface area (Å²) in [4.78, 5) is 18.3. The molecule has 0 fully saturated rings. The lowest BCUT2D eigenvalue weighted by Crippen LogP contribution is -2.33. The molecule has 0 saturated carbocycles. The first-order chi connectivity index (χ1) is 9.58. The summed E-state index contributed by atoms with van der Waals surface area (Å²) in [5.41, 5.74) is 0.435. The van der Waals surface area contributed by atoms with Gasteiger partial charge in [-0.05, 0) is 51.5 Å². The van der Waals surface area contributed by atoms with Crippen molar-refractivity contribution in [3.05, 3.63) is 29.0 Å². The molecule has 0 spiro atoms. The largest absolute Gasteiger partial charge is 0.349 e. The highest BCUT2D eigenvalue weighted by atomic mass is 35.5. The molecular weight excluding hydrogens is 274 g/mol. The van der Waals surface area contributed by atoms with Gasteiger partial charge >= 0.3 is 0 Å². The van der Waals surface area contributed by atoms with Gasteiger partial charge in [0, 0.05) is 12.2 Å². The van der Waals surface area contributed by atoms with E-state index in [0.717, 1.165) is 32.5 Å². The maximum Gasteiger partial charge on any atom is 0.254 e. The second-order valence-electron chi connectivity index (χ2n) is 4.89. The Bertz CT molecular complexity index is 421. The number of carbonyl (C=O) groups excluding carboxylic acids is 1. The molecule has 1 rings (SSSR count). The highest BCUT2D eigenvalue weighted by Gasteiger charge is 2.13. The number of nitrogens with one attached hydrogen (secondary N) is 1. The van der Waals surface area contributed by atoms with Gasteiger partial charge in [-0.2, -0.15) is 0 Å². The minimum absolute atomic E-state index is 0.134. The van der Waals surface area contributed by atoms with Crippen LogP contribution in [-0.4, -0.2) is 41.5 Å². The Morgan fingerprint density at radius 3 is 2.75 bits per heavy atom.